The number of hydrogen-bond acceptors (Lipinski definition) is 4. The number of carbonyl (C=O) groups excluding carboxylic acids is 2. The molecule has 0 radical (unpaired) electrons. The molecule has 0 bridgehead atoms. The van der Waals surface area contributed by atoms with E-state index in [-0.39, 0.29) is 11.9 Å². The molecule has 0 fully saturated rings. The van der Waals surface area contributed by atoms with Gasteiger partial charge < -0.3 is 9.47 Å². The number of ether oxygens (including phenoxy) is 2. The molecule has 0 amide bonds. The Balaban J connectivity index is 0.000000211. The van der Waals surface area contributed by atoms with Crippen LogP contribution in [0, 0.1) is 0 Å². The highest BCUT2D eigenvalue weighted by Gasteiger charge is 1.98. The van der Waals surface area contributed by atoms with Gasteiger partial charge in [-0.2, -0.15) is 0 Å². The highest BCUT2D eigenvalue weighted by Crippen LogP contribution is 2.08. The Labute approximate surface area is 124 Å². The third-order valence-corrected chi connectivity index (χ3v) is 2.27. The number of rotatable bonds is 3. The second kappa shape index (κ2) is 9.31. The monoisotopic (exact) mass is 286 g/mol. The zero-order valence-corrected chi connectivity index (χ0v) is 12.1. The minimum atomic E-state index is -0.286. The summed E-state index contributed by atoms with van der Waals surface area (Å²) in [7, 11) is 0. The lowest BCUT2D eigenvalue weighted by Crippen LogP contribution is -2.04. The van der Waals surface area contributed by atoms with Crippen molar-refractivity contribution in [1.29, 1.82) is 0 Å². The van der Waals surface area contributed by atoms with Gasteiger partial charge in [-0.05, 0) is 24.3 Å². The Kier molecular flexibility index (Phi) is 7.29. The zero-order valence-electron chi connectivity index (χ0n) is 12.1. The van der Waals surface area contributed by atoms with Gasteiger partial charge in [-0.1, -0.05) is 43.3 Å². The molecule has 0 aliphatic rings. The number of para-hydroxylation sites is 2. The molecule has 21 heavy (non-hydrogen) atoms. The van der Waals surface area contributed by atoms with E-state index in [2.05, 4.69) is 0 Å². The molecular formula is C17H18O4. The molecule has 0 saturated carbocycles. The average Bonchev–Trinajstić information content (AvgIpc) is 2.49. The molecule has 0 aliphatic carbocycles. The van der Waals surface area contributed by atoms with E-state index >= 15 is 0 Å². The predicted molar refractivity (Wildman–Crippen MR) is 80.1 cm³/mol. The van der Waals surface area contributed by atoms with Gasteiger partial charge in [-0.25, -0.2) is 0 Å². The molecular weight excluding hydrogens is 268 g/mol. The van der Waals surface area contributed by atoms with Crippen molar-refractivity contribution in [3.8, 4) is 11.5 Å². The van der Waals surface area contributed by atoms with E-state index in [9.17, 15) is 9.59 Å². The van der Waals surface area contributed by atoms with Gasteiger partial charge in [0.1, 0.15) is 11.5 Å². The Morgan fingerprint density at radius 2 is 1.24 bits per heavy atom. The zero-order chi connectivity index (χ0) is 15.5. The largest absolute Gasteiger partial charge is 0.427 e. The molecule has 0 unspecified atom stereocenters. The highest BCUT2D eigenvalue weighted by molar-refractivity contribution is 5.71. The Hall–Kier alpha value is -2.62. The molecule has 110 valence electrons. The average molecular weight is 286 g/mol. The van der Waals surface area contributed by atoms with Gasteiger partial charge in [0, 0.05) is 13.3 Å². The van der Waals surface area contributed by atoms with E-state index in [1.165, 1.54) is 6.92 Å². The fourth-order valence-electron chi connectivity index (χ4n) is 1.35. The Bertz CT molecular complexity index is 550. The summed E-state index contributed by atoms with van der Waals surface area (Å²) in [6.45, 7) is 3.15. The maximum Gasteiger partial charge on any atom is 0.310 e. The van der Waals surface area contributed by atoms with Gasteiger partial charge in [0.2, 0.25) is 0 Å². The van der Waals surface area contributed by atoms with E-state index in [0.29, 0.717) is 17.9 Å². The molecule has 4 nitrogen and oxygen atoms in total. The lowest BCUT2D eigenvalue weighted by molar-refractivity contribution is -0.134. The third-order valence-electron chi connectivity index (χ3n) is 2.27. The molecule has 0 aliphatic heterocycles. The second-order valence-corrected chi connectivity index (χ2v) is 4.05. The van der Waals surface area contributed by atoms with E-state index in [1.807, 2.05) is 36.4 Å². The van der Waals surface area contributed by atoms with Crippen LogP contribution in [0.4, 0.5) is 0 Å². The summed E-state index contributed by atoms with van der Waals surface area (Å²) in [6, 6.07) is 18.0. The van der Waals surface area contributed by atoms with Crippen LogP contribution in [0.1, 0.15) is 20.3 Å². The Morgan fingerprint density at radius 1 is 0.810 bits per heavy atom. The van der Waals surface area contributed by atoms with Crippen molar-refractivity contribution >= 4 is 11.9 Å². The standard InChI is InChI=1S/C9H10O2.C8H8O2/c1-2-9(10)11-8-6-4-3-5-7-8;1-7(9)10-8-5-3-2-4-6-8/h3-7H,2H2,1H3;2-6H,1H3. The van der Waals surface area contributed by atoms with Crippen molar-refractivity contribution in [2.24, 2.45) is 0 Å². The fraction of sp³-hybridized carbons (Fsp3) is 0.176. The van der Waals surface area contributed by atoms with Gasteiger partial charge in [-0.15, -0.1) is 0 Å². The van der Waals surface area contributed by atoms with Gasteiger partial charge >= 0.3 is 11.9 Å². The topological polar surface area (TPSA) is 52.6 Å². The molecule has 2 rings (SSSR count). The van der Waals surface area contributed by atoms with Crippen LogP contribution in [0.2, 0.25) is 0 Å². The van der Waals surface area contributed by atoms with Crippen LogP contribution in [0.25, 0.3) is 0 Å². The normalized spacial score (nSPS) is 9.05. The van der Waals surface area contributed by atoms with Crippen molar-refractivity contribution in [3.05, 3.63) is 60.7 Å². The van der Waals surface area contributed by atoms with Gasteiger partial charge in [-0.3, -0.25) is 9.59 Å². The predicted octanol–water partition coefficient (Wildman–Crippen LogP) is 3.61. The van der Waals surface area contributed by atoms with Crippen LogP contribution in [0.15, 0.2) is 60.7 Å². The summed E-state index contributed by atoms with van der Waals surface area (Å²) >= 11 is 0. The summed E-state index contributed by atoms with van der Waals surface area (Å²) in [6.07, 6.45) is 0.412. The molecule has 0 spiro atoms. The van der Waals surface area contributed by atoms with Crippen LogP contribution in [0.3, 0.4) is 0 Å². The molecule has 0 aromatic heterocycles. The molecule has 0 heterocycles. The summed E-state index contributed by atoms with van der Waals surface area (Å²) in [4.78, 5) is 21.1. The van der Waals surface area contributed by atoms with Crippen molar-refractivity contribution in [2.75, 3.05) is 0 Å². The fourth-order valence-corrected chi connectivity index (χ4v) is 1.35. The third kappa shape index (κ3) is 7.52. The summed E-state index contributed by atoms with van der Waals surface area (Å²) < 4.78 is 9.70. The van der Waals surface area contributed by atoms with Crippen LogP contribution in [-0.2, 0) is 9.59 Å². The summed E-state index contributed by atoms with van der Waals surface area (Å²) in [5.41, 5.74) is 0. The van der Waals surface area contributed by atoms with Crippen molar-refractivity contribution in [2.45, 2.75) is 20.3 Å². The van der Waals surface area contributed by atoms with Crippen molar-refractivity contribution in [3.63, 3.8) is 0 Å². The van der Waals surface area contributed by atoms with Gasteiger partial charge in [0.05, 0.1) is 0 Å². The number of hydrogen-bond donors (Lipinski definition) is 0. The first-order valence-electron chi connectivity index (χ1n) is 6.61. The van der Waals surface area contributed by atoms with E-state index < -0.39 is 0 Å². The maximum atomic E-state index is 10.8. The molecule has 0 atom stereocenters. The first-order chi connectivity index (χ1) is 10.1. The van der Waals surface area contributed by atoms with Crippen molar-refractivity contribution < 1.29 is 19.1 Å². The molecule has 2 aromatic rings. The first kappa shape index (κ1) is 16.4. The number of carbonyl (C=O) groups is 2. The minimum Gasteiger partial charge on any atom is -0.427 e. The van der Waals surface area contributed by atoms with Crippen LogP contribution >= 0.6 is 0 Å². The van der Waals surface area contributed by atoms with E-state index in [4.69, 9.17) is 9.47 Å². The van der Waals surface area contributed by atoms with Gasteiger partial charge in [0.15, 0.2) is 0 Å². The van der Waals surface area contributed by atoms with Crippen LogP contribution in [0.5, 0.6) is 11.5 Å². The number of esters is 2. The SMILES string of the molecule is CC(=O)Oc1ccccc1.CCC(=O)Oc1ccccc1. The smallest absolute Gasteiger partial charge is 0.310 e. The van der Waals surface area contributed by atoms with E-state index in [0.717, 1.165) is 0 Å². The first-order valence-corrected chi connectivity index (χ1v) is 6.61. The quantitative estimate of drug-likeness (QED) is 0.639. The highest BCUT2D eigenvalue weighted by atomic mass is 16.5. The van der Waals surface area contributed by atoms with Crippen molar-refractivity contribution in [1.82, 2.24) is 0 Å². The van der Waals surface area contributed by atoms with Crippen LogP contribution < -0.4 is 9.47 Å². The lowest BCUT2D eigenvalue weighted by atomic mass is 10.3. The van der Waals surface area contributed by atoms with Gasteiger partial charge in [0.25, 0.3) is 0 Å². The number of benzene rings is 2. The van der Waals surface area contributed by atoms with E-state index in [1.54, 1.807) is 31.2 Å². The lowest BCUT2D eigenvalue weighted by Gasteiger charge is -1.99. The van der Waals surface area contributed by atoms with Crippen LogP contribution in [-0.4, -0.2) is 11.9 Å². The minimum absolute atomic E-state index is 0.198. The Morgan fingerprint density at radius 3 is 1.62 bits per heavy atom. The summed E-state index contributed by atoms with van der Waals surface area (Å²) in [5.74, 6) is 0.719. The molecule has 2 aromatic carbocycles. The molecule has 4 heteroatoms. The maximum absolute atomic E-state index is 10.8. The second-order valence-electron chi connectivity index (χ2n) is 4.05. The summed E-state index contributed by atoms with van der Waals surface area (Å²) in [5, 5.41) is 0. The molecule has 0 N–H and O–H groups in total. The molecule has 0 saturated heterocycles.